The maximum absolute atomic E-state index is 13.2. The first kappa shape index (κ1) is 21.8. The molecule has 4 rings (SSSR count). The van der Waals surface area contributed by atoms with E-state index in [9.17, 15) is 9.59 Å². The number of anilines is 2. The van der Waals surface area contributed by atoms with Gasteiger partial charge < -0.3 is 10.1 Å². The van der Waals surface area contributed by atoms with Gasteiger partial charge in [-0.15, -0.1) is 0 Å². The van der Waals surface area contributed by atoms with E-state index in [2.05, 4.69) is 10.6 Å². The summed E-state index contributed by atoms with van der Waals surface area (Å²) in [5.74, 6) is -0.265. The SMILES string of the molecule is CCOC(=O)Nc1ccc(NC(=O)c2cn(Cc3ccccc3)nc2-c2ccccc2)cc1. The highest BCUT2D eigenvalue weighted by atomic mass is 16.5. The van der Waals surface area contributed by atoms with E-state index in [4.69, 9.17) is 9.84 Å². The fraction of sp³-hybridized carbons (Fsp3) is 0.115. The number of hydrogen-bond acceptors (Lipinski definition) is 4. The smallest absolute Gasteiger partial charge is 0.411 e. The molecule has 2 N–H and O–H groups in total. The predicted octanol–water partition coefficient (Wildman–Crippen LogP) is 5.42. The van der Waals surface area contributed by atoms with Crippen molar-refractivity contribution in [2.24, 2.45) is 0 Å². The lowest BCUT2D eigenvalue weighted by molar-refractivity contribution is 0.102. The Morgan fingerprint density at radius 2 is 1.45 bits per heavy atom. The first-order valence-electron chi connectivity index (χ1n) is 10.6. The van der Waals surface area contributed by atoms with Crippen LogP contribution in [0.3, 0.4) is 0 Å². The lowest BCUT2D eigenvalue weighted by Crippen LogP contribution is -2.14. The van der Waals surface area contributed by atoms with E-state index in [0.29, 0.717) is 35.8 Å². The van der Waals surface area contributed by atoms with Gasteiger partial charge in [-0.3, -0.25) is 14.8 Å². The third-order valence-corrected chi connectivity index (χ3v) is 4.91. The minimum atomic E-state index is -0.521. The number of carbonyl (C=O) groups is 2. The van der Waals surface area contributed by atoms with Gasteiger partial charge in [-0.25, -0.2) is 4.79 Å². The molecule has 1 heterocycles. The summed E-state index contributed by atoms with van der Waals surface area (Å²) in [4.78, 5) is 24.7. The maximum Gasteiger partial charge on any atom is 0.411 e. The van der Waals surface area contributed by atoms with E-state index >= 15 is 0 Å². The molecule has 0 aliphatic heterocycles. The van der Waals surface area contributed by atoms with Crippen molar-refractivity contribution < 1.29 is 14.3 Å². The molecule has 0 bridgehead atoms. The van der Waals surface area contributed by atoms with Gasteiger partial charge in [-0.05, 0) is 36.8 Å². The van der Waals surface area contributed by atoms with Crippen molar-refractivity contribution in [3.8, 4) is 11.3 Å². The first-order valence-corrected chi connectivity index (χ1v) is 10.6. The normalized spacial score (nSPS) is 10.5. The van der Waals surface area contributed by atoms with Crippen LogP contribution in [0.25, 0.3) is 11.3 Å². The van der Waals surface area contributed by atoms with Gasteiger partial charge in [0.15, 0.2) is 0 Å². The second-order valence-corrected chi connectivity index (χ2v) is 7.32. The van der Waals surface area contributed by atoms with E-state index < -0.39 is 6.09 Å². The summed E-state index contributed by atoms with van der Waals surface area (Å²) in [5, 5.41) is 10.2. The number of nitrogens with zero attached hydrogens (tertiary/aromatic N) is 2. The maximum atomic E-state index is 13.2. The zero-order chi connectivity index (χ0) is 23.0. The van der Waals surface area contributed by atoms with Crippen LogP contribution in [0.5, 0.6) is 0 Å². The topological polar surface area (TPSA) is 85.3 Å². The minimum Gasteiger partial charge on any atom is -0.450 e. The van der Waals surface area contributed by atoms with Crippen molar-refractivity contribution in [2.45, 2.75) is 13.5 Å². The molecule has 1 aromatic heterocycles. The molecule has 7 nitrogen and oxygen atoms in total. The summed E-state index contributed by atoms with van der Waals surface area (Å²) in [7, 11) is 0. The molecule has 0 aliphatic carbocycles. The second kappa shape index (κ2) is 10.3. The monoisotopic (exact) mass is 440 g/mol. The van der Waals surface area contributed by atoms with Crippen LogP contribution >= 0.6 is 0 Å². The number of benzene rings is 3. The molecule has 3 aromatic carbocycles. The van der Waals surface area contributed by atoms with Crippen LogP contribution in [0, 0.1) is 0 Å². The highest BCUT2D eigenvalue weighted by molar-refractivity contribution is 6.08. The van der Waals surface area contributed by atoms with Crippen molar-refractivity contribution >= 4 is 23.4 Å². The van der Waals surface area contributed by atoms with Crippen LogP contribution in [0.4, 0.5) is 16.2 Å². The van der Waals surface area contributed by atoms with Crippen molar-refractivity contribution in [1.29, 1.82) is 0 Å². The number of nitrogens with one attached hydrogen (secondary N) is 2. The summed E-state index contributed by atoms with van der Waals surface area (Å²) in [6.45, 7) is 2.59. The van der Waals surface area contributed by atoms with Gasteiger partial charge in [0.25, 0.3) is 5.91 Å². The molecular weight excluding hydrogens is 416 g/mol. The molecule has 33 heavy (non-hydrogen) atoms. The number of hydrogen-bond donors (Lipinski definition) is 2. The van der Waals surface area contributed by atoms with Gasteiger partial charge in [0.05, 0.1) is 18.7 Å². The van der Waals surface area contributed by atoms with Gasteiger partial charge >= 0.3 is 6.09 Å². The van der Waals surface area contributed by atoms with Crippen LogP contribution < -0.4 is 10.6 Å². The Morgan fingerprint density at radius 3 is 2.09 bits per heavy atom. The van der Waals surface area contributed by atoms with Crippen molar-refractivity contribution in [2.75, 3.05) is 17.2 Å². The molecule has 0 atom stereocenters. The van der Waals surface area contributed by atoms with Gasteiger partial charge in [0.2, 0.25) is 0 Å². The second-order valence-electron chi connectivity index (χ2n) is 7.32. The van der Waals surface area contributed by atoms with Crippen LogP contribution in [-0.2, 0) is 11.3 Å². The molecule has 0 saturated heterocycles. The first-order chi connectivity index (χ1) is 16.1. The van der Waals surface area contributed by atoms with Crippen molar-refractivity contribution in [3.05, 3.63) is 102 Å². The average molecular weight is 441 g/mol. The molecule has 0 unspecified atom stereocenters. The van der Waals surface area contributed by atoms with Gasteiger partial charge in [0, 0.05) is 23.1 Å². The highest BCUT2D eigenvalue weighted by Crippen LogP contribution is 2.24. The summed E-state index contributed by atoms with van der Waals surface area (Å²) >= 11 is 0. The van der Waals surface area contributed by atoms with Crippen LogP contribution in [0.15, 0.2) is 91.1 Å². The summed E-state index contributed by atoms with van der Waals surface area (Å²) in [6, 6.07) is 26.4. The molecule has 7 heteroatoms. The average Bonchev–Trinajstić information content (AvgIpc) is 3.26. The number of aromatic nitrogens is 2. The minimum absolute atomic E-state index is 0.265. The fourth-order valence-corrected chi connectivity index (χ4v) is 3.37. The molecule has 0 spiro atoms. The lowest BCUT2D eigenvalue weighted by Gasteiger charge is -2.08. The van der Waals surface area contributed by atoms with E-state index in [-0.39, 0.29) is 5.91 Å². The molecule has 0 radical (unpaired) electrons. The largest absolute Gasteiger partial charge is 0.450 e. The molecule has 4 aromatic rings. The molecule has 0 aliphatic rings. The molecule has 2 amide bonds. The van der Waals surface area contributed by atoms with Crippen molar-refractivity contribution in [1.82, 2.24) is 9.78 Å². The summed E-state index contributed by atoms with van der Waals surface area (Å²) in [6.07, 6.45) is 1.24. The predicted molar refractivity (Wildman–Crippen MR) is 128 cm³/mol. The molecule has 166 valence electrons. The third-order valence-electron chi connectivity index (χ3n) is 4.91. The number of rotatable bonds is 7. The van der Waals surface area contributed by atoms with Crippen molar-refractivity contribution in [3.63, 3.8) is 0 Å². The lowest BCUT2D eigenvalue weighted by atomic mass is 10.1. The van der Waals surface area contributed by atoms with Gasteiger partial charge in [0.1, 0.15) is 5.69 Å². The Kier molecular flexibility index (Phi) is 6.80. The Bertz CT molecular complexity index is 1220. The van der Waals surface area contributed by atoms with E-state index in [1.807, 2.05) is 60.7 Å². The quantitative estimate of drug-likeness (QED) is 0.402. The Morgan fingerprint density at radius 1 is 0.848 bits per heavy atom. The Hall–Kier alpha value is -4.39. The van der Waals surface area contributed by atoms with Crippen LogP contribution in [0.2, 0.25) is 0 Å². The Balaban J connectivity index is 1.55. The summed E-state index contributed by atoms with van der Waals surface area (Å²) < 4.78 is 6.65. The number of ether oxygens (including phenoxy) is 1. The molecular formula is C26H24N4O3. The zero-order valence-corrected chi connectivity index (χ0v) is 18.2. The fourth-order valence-electron chi connectivity index (χ4n) is 3.37. The Labute approximate surface area is 192 Å². The van der Waals surface area contributed by atoms with Gasteiger partial charge in [-0.1, -0.05) is 60.7 Å². The van der Waals surface area contributed by atoms with Crippen LogP contribution in [-0.4, -0.2) is 28.4 Å². The summed E-state index contributed by atoms with van der Waals surface area (Å²) in [5.41, 5.74) is 4.23. The number of carbonyl (C=O) groups excluding carboxylic acids is 2. The van der Waals surface area contributed by atoms with Gasteiger partial charge in [-0.2, -0.15) is 5.10 Å². The molecule has 0 fully saturated rings. The highest BCUT2D eigenvalue weighted by Gasteiger charge is 2.18. The van der Waals surface area contributed by atoms with Crippen LogP contribution in [0.1, 0.15) is 22.8 Å². The third kappa shape index (κ3) is 5.65. The molecule has 0 saturated carbocycles. The van der Waals surface area contributed by atoms with E-state index in [1.165, 1.54) is 0 Å². The zero-order valence-electron chi connectivity index (χ0n) is 18.2. The van der Waals surface area contributed by atoms with E-state index in [1.54, 1.807) is 42.1 Å². The standard InChI is InChI=1S/C26H24N4O3/c1-2-33-26(32)28-22-15-13-21(14-16-22)27-25(31)23-18-30(17-19-9-5-3-6-10-19)29-24(23)20-11-7-4-8-12-20/h3-16,18H,2,17H2,1H3,(H,27,31)(H,28,32). The van der Waals surface area contributed by atoms with E-state index in [0.717, 1.165) is 11.1 Å². The number of amides is 2.